The number of hydrogen-bond donors (Lipinski definition) is 1. The molecule has 88 valence electrons. The number of nitrogens with two attached hydrogens (primary N) is 1. The summed E-state index contributed by atoms with van der Waals surface area (Å²) in [6, 6.07) is 6.32. The Morgan fingerprint density at radius 2 is 2.06 bits per heavy atom. The van der Waals surface area contributed by atoms with Gasteiger partial charge in [0.1, 0.15) is 11.8 Å². The second-order valence-corrected chi connectivity index (χ2v) is 3.74. The summed E-state index contributed by atoms with van der Waals surface area (Å²) in [5.74, 6) is 0.244. The smallest absolute Gasteiger partial charge is 0.327 e. The van der Waals surface area contributed by atoms with Crippen LogP contribution in [0.3, 0.4) is 0 Å². The van der Waals surface area contributed by atoms with Crippen LogP contribution in [0.1, 0.15) is 25.5 Å². The number of esters is 1. The van der Waals surface area contributed by atoms with Gasteiger partial charge in [-0.2, -0.15) is 0 Å². The lowest BCUT2D eigenvalue weighted by Gasteiger charge is -2.14. The third-order valence-corrected chi connectivity index (χ3v) is 2.06. The third kappa shape index (κ3) is 3.24. The molecule has 1 rings (SSSR count). The highest BCUT2D eigenvalue weighted by Gasteiger charge is 2.18. The normalized spacial score (nSPS) is 12.3. The summed E-state index contributed by atoms with van der Waals surface area (Å²) in [5, 5.41) is 0. The largest absolute Gasteiger partial charge is 0.497 e. The van der Waals surface area contributed by atoms with Crippen molar-refractivity contribution in [3.63, 3.8) is 0 Å². The predicted octanol–water partition coefficient (Wildman–Crippen LogP) is 1.65. The number of methoxy groups -OCH3 is 1. The van der Waals surface area contributed by atoms with E-state index in [1.807, 2.05) is 0 Å². The number of carbonyl (C=O) groups is 1. The van der Waals surface area contributed by atoms with Crippen molar-refractivity contribution in [1.29, 1.82) is 0 Å². The van der Waals surface area contributed by atoms with Gasteiger partial charge < -0.3 is 15.2 Å². The second-order valence-electron chi connectivity index (χ2n) is 3.74. The van der Waals surface area contributed by atoms with Crippen LogP contribution in [-0.4, -0.2) is 19.2 Å². The Morgan fingerprint density at radius 3 is 2.62 bits per heavy atom. The number of hydrogen-bond acceptors (Lipinski definition) is 4. The summed E-state index contributed by atoms with van der Waals surface area (Å²) in [5.41, 5.74) is 6.47. The summed E-state index contributed by atoms with van der Waals surface area (Å²) >= 11 is 0. The zero-order valence-corrected chi connectivity index (χ0v) is 9.77. The fraction of sp³-hybridized carbons (Fsp3) is 0.417. The average molecular weight is 223 g/mol. The summed E-state index contributed by atoms with van der Waals surface area (Å²) in [6.07, 6.45) is -0.163. The molecule has 0 radical (unpaired) electrons. The first-order valence-electron chi connectivity index (χ1n) is 5.14. The molecule has 0 saturated heterocycles. The van der Waals surface area contributed by atoms with Crippen molar-refractivity contribution in [3.05, 3.63) is 29.8 Å². The summed E-state index contributed by atoms with van der Waals surface area (Å²) in [4.78, 5) is 11.6. The molecule has 0 aliphatic rings. The van der Waals surface area contributed by atoms with Crippen LogP contribution in [0.4, 0.5) is 0 Å². The van der Waals surface area contributed by atoms with Crippen molar-refractivity contribution in [2.24, 2.45) is 5.73 Å². The van der Waals surface area contributed by atoms with Crippen LogP contribution in [0.5, 0.6) is 5.75 Å². The Hall–Kier alpha value is -1.55. The maximum absolute atomic E-state index is 11.6. The molecule has 0 aromatic heterocycles. The van der Waals surface area contributed by atoms with E-state index in [4.69, 9.17) is 15.2 Å². The molecule has 0 aliphatic carbocycles. The molecular formula is C12H17NO3. The van der Waals surface area contributed by atoms with E-state index >= 15 is 0 Å². The quantitative estimate of drug-likeness (QED) is 0.788. The Kier molecular flexibility index (Phi) is 4.31. The third-order valence-electron chi connectivity index (χ3n) is 2.06. The van der Waals surface area contributed by atoms with E-state index in [1.165, 1.54) is 0 Å². The molecule has 0 aliphatic heterocycles. The molecule has 4 heteroatoms. The van der Waals surface area contributed by atoms with Crippen molar-refractivity contribution >= 4 is 5.97 Å². The Morgan fingerprint density at radius 1 is 1.38 bits per heavy atom. The molecule has 1 unspecified atom stereocenters. The maximum atomic E-state index is 11.6. The molecule has 0 saturated carbocycles. The molecule has 2 N–H and O–H groups in total. The van der Waals surface area contributed by atoms with Crippen molar-refractivity contribution in [2.45, 2.75) is 26.0 Å². The molecule has 0 amide bonds. The fourth-order valence-electron chi connectivity index (χ4n) is 1.28. The van der Waals surface area contributed by atoms with E-state index in [0.29, 0.717) is 11.3 Å². The number of carbonyl (C=O) groups excluding carboxylic acids is 1. The van der Waals surface area contributed by atoms with Crippen molar-refractivity contribution < 1.29 is 14.3 Å². The van der Waals surface area contributed by atoms with E-state index in [2.05, 4.69) is 0 Å². The molecule has 16 heavy (non-hydrogen) atoms. The molecule has 1 atom stereocenters. The van der Waals surface area contributed by atoms with Crippen LogP contribution in [0, 0.1) is 0 Å². The Balaban J connectivity index is 2.79. The molecule has 0 heterocycles. The number of ether oxygens (including phenoxy) is 2. The predicted molar refractivity (Wildman–Crippen MR) is 61.2 cm³/mol. The molecular weight excluding hydrogens is 206 g/mol. The zero-order chi connectivity index (χ0) is 12.1. The molecule has 4 nitrogen and oxygen atoms in total. The van der Waals surface area contributed by atoms with Gasteiger partial charge in [-0.3, -0.25) is 0 Å². The standard InChI is InChI=1S/C12H17NO3/c1-8(2)16-12(14)11(13)9-5-4-6-10(7-9)15-3/h4-8,11H,13H2,1-3H3. The fourth-order valence-corrected chi connectivity index (χ4v) is 1.28. The van der Waals surface area contributed by atoms with Gasteiger partial charge in [0.2, 0.25) is 0 Å². The SMILES string of the molecule is COc1cccc(C(N)C(=O)OC(C)C)c1. The molecule has 1 aromatic rings. The molecule has 0 fully saturated rings. The summed E-state index contributed by atoms with van der Waals surface area (Å²) < 4.78 is 10.1. The summed E-state index contributed by atoms with van der Waals surface area (Å²) in [6.45, 7) is 3.58. The van der Waals surface area contributed by atoms with Crippen molar-refractivity contribution in [1.82, 2.24) is 0 Å². The van der Waals surface area contributed by atoms with Gasteiger partial charge in [-0.15, -0.1) is 0 Å². The van der Waals surface area contributed by atoms with Crippen molar-refractivity contribution in [3.8, 4) is 5.75 Å². The van der Waals surface area contributed by atoms with Crippen LogP contribution in [0.25, 0.3) is 0 Å². The average Bonchev–Trinajstić information content (AvgIpc) is 2.27. The first-order chi connectivity index (χ1) is 7.54. The van der Waals surface area contributed by atoms with Gasteiger partial charge in [0, 0.05) is 0 Å². The Bertz CT molecular complexity index is 363. The minimum absolute atomic E-state index is 0.163. The lowest BCUT2D eigenvalue weighted by atomic mass is 10.1. The van der Waals surface area contributed by atoms with Gasteiger partial charge in [0.25, 0.3) is 0 Å². The highest BCUT2D eigenvalue weighted by molar-refractivity contribution is 5.77. The van der Waals surface area contributed by atoms with Crippen LogP contribution in [0.2, 0.25) is 0 Å². The number of benzene rings is 1. The topological polar surface area (TPSA) is 61.5 Å². The minimum Gasteiger partial charge on any atom is -0.497 e. The van der Waals surface area contributed by atoms with E-state index in [9.17, 15) is 4.79 Å². The minimum atomic E-state index is -0.766. The van der Waals surface area contributed by atoms with Gasteiger partial charge in [-0.25, -0.2) is 4.79 Å². The monoisotopic (exact) mass is 223 g/mol. The Labute approximate surface area is 95.3 Å². The molecule has 0 bridgehead atoms. The number of rotatable bonds is 4. The van der Waals surface area contributed by atoms with Crippen molar-refractivity contribution in [2.75, 3.05) is 7.11 Å². The van der Waals surface area contributed by atoms with E-state index in [0.717, 1.165) is 0 Å². The van der Waals surface area contributed by atoms with Crippen LogP contribution >= 0.6 is 0 Å². The van der Waals surface area contributed by atoms with Gasteiger partial charge >= 0.3 is 5.97 Å². The van der Waals surface area contributed by atoms with Gasteiger partial charge in [-0.05, 0) is 31.5 Å². The van der Waals surface area contributed by atoms with Crippen LogP contribution in [0.15, 0.2) is 24.3 Å². The lowest BCUT2D eigenvalue weighted by Crippen LogP contribution is -2.26. The zero-order valence-electron chi connectivity index (χ0n) is 9.77. The second kappa shape index (κ2) is 5.51. The van der Waals surface area contributed by atoms with Gasteiger partial charge in [0.15, 0.2) is 0 Å². The molecule has 1 aromatic carbocycles. The van der Waals surface area contributed by atoms with Gasteiger partial charge in [0.05, 0.1) is 13.2 Å². The van der Waals surface area contributed by atoms with Crippen LogP contribution in [-0.2, 0) is 9.53 Å². The maximum Gasteiger partial charge on any atom is 0.327 e. The summed E-state index contributed by atoms with van der Waals surface area (Å²) in [7, 11) is 1.57. The van der Waals surface area contributed by atoms with Crippen LogP contribution < -0.4 is 10.5 Å². The molecule has 0 spiro atoms. The van der Waals surface area contributed by atoms with Gasteiger partial charge in [-0.1, -0.05) is 12.1 Å². The van der Waals surface area contributed by atoms with E-state index in [1.54, 1.807) is 45.2 Å². The van der Waals surface area contributed by atoms with E-state index < -0.39 is 12.0 Å². The van der Waals surface area contributed by atoms with E-state index in [-0.39, 0.29) is 6.10 Å². The highest BCUT2D eigenvalue weighted by Crippen LogP contribution is 2.18. The highest BCUT2D eigenvalue weighted by atomic mass is 16.5. The first kappa shape index (κ1) is 12.5. The first-order valence-corrected chi connectivity index (χ1v) is 5.14. The lowest BCUT2D eigenvalue weighted by molar-refractivity contribution is -0.149.